The van der Waals surface area contributed by atoms with Gasteiger partial charge in [-0.1, -0.05) is 0 Å². The molecule has 1 rings (SSSR count). The normalized spacial score (nSPS) is 11.8. The van der Waals surface area contributed by atoms with Gasteiger partial charge in [0.25, 0.3) is 0 Å². The number of nitrogens with zero attached hydrogens (tertiary/aromatic N) is 1. The van der Waals surface area contributed by atoms with Crippen LogP contribution in [0.25, 0.3) is 0 Å². The zero-order chi connectivity index (χ0) is 6.69. The van der Waals surface area contributed by atoms with Crippen LogP contribution in [-0.2, 0) is 18.6 Å². The molecule has 0 fully saturated rings. The van der Waals surface area contributed by atoms with Crippen LogP contribution in [0.1, 0.15) is 6.42 Å². The number of hydrogen-bond acceptors (Lipinski definition) is 1. The van der Waals surface area contributed by atoms with Crippen molar-refractivity contribution in [2.24, 2.45) is 0 Å². The van der Waals surface area contributed by atoms with Crippen molar-refractivity contribution < 1.29 is 18.6 Å². The van der Waals surface area contributed by atoms with Gasteiger partial charge in [0.2, 0.25) is 0 Å². The predicted molar refractivity (Wildman–Crippen MR) is 60.8 cm³/mol. The summed E-state index contributed by atoms with van der Waals surface area (Å²) in [4.78, 5) is 2.15. The zero-order valence-corrected chi connectivity index (χ0v) is 11.5. The maximum atomic E-state index is 3.25. The van der Waals surface area contributed by atoms with E-state index in [0.29, 0.717) is 0 Å². The van der Waals surface area contributed by atoms with Crippen molar-refractivity contribution in [3.63, 3.8) is 0 Å². The molecule has 79 valence electrons. The number of allylic oxidation sites excluding steroid dienone is 2. The van der Waals surface area contributed by atoms with Gasteiger partial charge in [-0.3, -0.25) is 6.08 Å². The smallest absolute Gasteiger partial charge is 0 e. The summed E-state index contributed by atoms with van der Waals surface area (Å²) in [6.07, 6.45) is 8.53. The Bertz CT molecular complexity index is 157. The molecule has 5 heteroatoms. The van der Waals surface area contributed by atoms with Crippen molar-refractivity contribution in [1.82, 2.24) is 4.90 Å². The summed E-state index contributed by atoms with van der Waals surface area (Å²) in [6.45, 7) is 1.02. The van der Waals surface area contributed by atoms with Gasteiger partial charge in [-0.2, -0.15) is 6.08 Å². The minimum absolute atomic E-state index is 0. The Morgan fingerprint density at radius 1 is 1.31 bits per heavy atom. The summed E-state index contributed by atoms with van der Waals surface area (Å²) in [5.41, 5.74) is 1.32. The van der Waals surface area contributed by atoms with E-state index < -0.39 is 0 Å². The van der Waals surface area contributed by atoms with Gasteiger partial charge in [0.1, 0.15) is 0 Å². The SMILES string of the molecule is CN(C)CC1=[C-]CC=C1.Cl.Cl.Cl.[V]. The van der Waals surface area contributed by atoms with Crippen LogP contribution in [0.15, 0.2) is 17.7 Å². The molecule has 0 aromatic carbocycles. The second-order valence-corrected chi connectivity index (χ2v) is 2.55. The Balaban J connectivity index is -0.000000101. The maximum Gasteiger partial charge on any atom is 0 e. The van der Waals surface area contributed by atoms with Crippen LogP contribution in [0.2, 0.25) is 0 Å². The van der Waals surface area contributed by atoms with Gasteiger partial charge in [0, 0.05) is 18.6 Å². The first kappa shape index (κ1) is 23.6. The molecule has 1 aliphatic carbocycles. The third-order valence-corrected chi connectivity index (χ3v) is 1.25. The van der Waals surface area contributed by atoms with Crippen molar-refractivity contribution in [2.45, 2.75) is 6.42 Å². The fraction of sp³-hybridized carbons (Fsp3) is 0.500. The van der Waals surface area contributed by atoms with Crippen molar-refractivity contribution in [2.75, 3.05) is 20.6 Å². The minimum atomic E-state index is 0. The quantitative estimate of drug-likeness (QED) is 0.704. The Morgan fingerprint density at radius 3 is 2.15 bits per heavy atom. The van der Waals surface area contributed by atoms with Crippen molar-refractivity contribution in [1.29, 1.82) is 0 Å². The van der Waals surface area contributed by atoms with E-state index in [4.69, 9.17) is 0 Å². The summed E-state index contributed by atoms with van der Waals surface area (Å²) in [7, 11) is 4.14. The molecule has 1 aliphatic rings. The first-order valence-corrected chi connectivity index (χ1v) is 3.20. The van der Waals surface area contributed by atoms with Gasteiger partial charge < -0.3 is 4.90 Å². The summed E-state index contributed by atoms with van der Waals surface area (Å²) >= 11 is 0. The molecule has 0 aromatic rings. The van der Waals surface area contributed by atoms with E-state index in [1.807, 2.05) is 0 Å². The third-order valence-electron chi connectivity index (χ3n) is 1.25. The average Bonchev–Trinajstić information content (AvgIpc) is 2.15. The number of likely N-dealkylation sites (N-methyl/N-ethyl adjacent to an activating group) is 1. The summed E-state index contributed by atoms with van der Waals surface area (Å²) < 4.78 is 0. The molecule has 1 nitrogen and oxygen atoms in total. The number of rotatable bonds is 2. The molecule has 0 aromatic heterocycles. The van der Waals surface area contributed by atoms with Crippen LogP contribution in [0, 0.1) is 6.08 Å². The van der Waals surface area contributed by atoms with Crippen LogP contribution in [-0.4, -0.2) is 25.5 Å². The van der Waals surface area contributed by atoms with Crippen LogP contribution >= 0.6 is 37.2 Å². The first-order chi connectivity index (χ1) is 4.29. The van der Waals surface area contributed by atoms with Gasteiger partial charge in [0.05, 0.1) is 0 Å². The summed E-state index contributed by atoms with van der Waals surface area (Å²) in [5, 5.41) is 0. The van der Waals surface area contributed by atoms with Crippen molar-refractivity contribution in [3.05, 3.63) is 23.8 Å². The van der Waals surface area contributed by atoms with Crippen LogP contribution in [0.5, 0.6) is 0 Å². The van der Waals surface area contributed by atoms with Gasteiger partial charge in [-0.25, -0.2) is 11.6 Å². The van der Waals surface area contributed by atoms with E-state index in [9.17, 15) is 0 Å². The molecule has 0 aliphatic heterocycles. The fourth-order valence-electron chi connectivity index (χ4n) is 0.899. The van der Waals surface area contributed by atoms with Gasteiger partial charge >= 0.3 is 0 Å². The fourth-order valence-corrected chi connectivity index (χ4v) is 0.899. The monoisotopic (exact) mass is 281 g/mol. The van der Waals surface area contributed by atoms with E-state index in [-0.39, 0.29) is 55.8 Å². The van der Waals surface area contributed by atoms with Crippen LogP contribution < -0.4 is 0 Å². The van der Waals surface area contributed by atoms with Crippen LogP contribution in [0.3, 0.4) is 0 Å². The van der Waals surface area contributed by atoms with Gasteiger partial charge in [-0.05, 0) is 20.6 Å². The second kappa shape index (κ2) is 12.9. The number of hydrogen-bond donors (Lipinski definition) is 0. The van der Waals surface area contributed by atoms with Gasteiger partial charge in [-0.15, -0.1) is 43.6 Å². The molecule has 1 radical (unpaired) electrons. The Labute approximate surface area is 111 Å². The Kier molecular flexibility index (Phi) is 23.4. The van der Waals surface area contributed by atoms with E-state index in [1.165, 1.54) is 5.57 Å². The average molecular weight is 283 g/mol. The zero-order valence-electron chi connectivity index (χ0n) is 7.69. The van der Waals surface area contributed by atoms with Crippen molar-refractivity contribution >= 4 is 37.2 Å². The maximum absolute atomic E-state index is 3.25. The second-order valence-electron chi connectivity index (χ2n) is 2.55. The standard InChI is InChI=1S/C8H12N.3ClH.V/c1-9(2)7-8-5-3-4-6-8;;;;/h3,5H,4,7H2,1-2H3;3*1H;/q-1;;;;. The molecule has 0 bridgehead atoms. The molecule has 0 unspecified atom stereocenters. The van der Waals surface area contributed by atoms with Crippen LogP contribution in [0.4, 0.5) is 0 Å². The molecule has 13 heavy (non-hydrogen) atoms. The summed E-state index contributed by atoms with van der Waals surface area (Å²) in [5.74, 6) is 0. The molecule has 0 saturated heterocycles. The summed E-state index contributed by atoms with van der Waals surface area (Å²) in [6, 6.07) is 0. The molecule has 0 heterocycles. The molecular weight excluding hydrogens is 267 g/mol. The Morgan fingerprint density at radius 2 is 1.85 bits per heavy atom. The predicted octanol–water partition coefficient (Wildman–Crippen LogP) is 2.50. The Hall–Kier alpha value is 0.894. The minimum Gasteiger partial charge on any atom is -0.308 e. The van der Waals surface area contributed by atoms with Crippen molar-refractivity contribution in [3.8, 4) is 0 Å². The molecule has 0 N–H and O–H groups in total. The van der Waals surface area contributed by atoms with E-state index in [0.717, 1.165) is 13.0 Å². The topological polar surface area (TPSA) is 3.24 Å². The van der Waals surface area contributed by atoms with E-state index in [1.54, 1.807) is 0 Å². The molecule has 0 amide bonds. The molecular formula is C8H15Cl3NV-. The van der Waals surface area contributed by atoms with E-state index >= 15 is 0 Å². The van der Waals surface area contributed by atoms with E-state index in [2.05, 4.69) is 37.2 Å². The molecule has 0 atom stereocenters. The molecule has 0 spiro atoms. The van der Waals surface area contributed by atoms with Gasteiger partial charge in [0.15, 0.2) is 0 Å². The number of halogens is 3. The largest absolute Gasteiger partial charge is 0.308 e. The molecule has 0 saturated carbocycles. The third kappa shape index (κ3) is 10.8. The first-order valence-electron chi connectivity index (χ1n) is 3.20.